The predicted octanol–water partition coefficient (Wildman–Crippen LogP) is 5.22. The van der Waals surface area contributed by atoms with Crippen LogP contribution < -0.4 is 0 Å². The molecule has 9 atom stereocenters. The Labute approximate surface area is 211 Å². The molecule has 0 radical (unpaired) electrons. The Morgan fingerprint density at radius 2 is 1.71 bits per heavy atom. The van der Waals surface area contributed by atoms with Gasteiger partial charge in [-0.05, 0) is 92.8 Å². The van der Waals surface area contributed by atoms with Gasteiger partial charge in [-0.1, -0.05) is 46.3 Å². The number of carbonyl (C=O) groups is 2. The first-order valence-electron chi connectivity index (χ1n) is 13.9. The molecule has 4 fully saturated rings. The number of carbonyl (C=O) groups excluding carboxylic acids is 2. The first-order chi connectivity index (χ1) is 16.1. The highest BCUT2D eigenvalue weighted by Gasteiger charge is 2.66. The van der Waals surface area contributed by atoms with Crippen molar-refractivity contribution in [3.8, 4) is 0 Å². The van der Waals surface area contributed by atoms with E-state index >= 15 is 0 Å². The number of allylic oxidation sites excluding steroid dienone is 2. The van der Waals surface area contributed by atoms with E-state index in [1.807, 2.05) is 0 Å². The summed E-state index contributed by atoms with van der Waals surface area (Å²) in [6.45, 7) is 14.8. The molecule has 2 N–H and O–H groups in total. The number of aliphatic hydroxyl groups is 2. The molecule has 196 valence electrons. The molecule has 5 rings (SSSR count). The SMILES string of the molecule is CC(C)(O)C1OC(=O)C(C2CCC3(C)C4=CCC5C(C)(C)C(=O)CCC5(C)C4CCC23C)CC1O. The summed E-state index contributed by atoms with van der Waals surface area (Å²) in [6, 6.07) is 0. The molecule has 9 unspecified atom stereocenters. The van der Waals surface area contributed by atoms with Gasteiger partial charge in [0, 0.05) is 11.8 Å². The molecular formula is C30H46O5. The lowest BCUT2D eigenvalue weighted by molar-refractivity contribution is -0.202. The minimum atomic E-state index is -1.26. The van der Waals surface area contributed by atoms with Crippen LogP contribution in [-0.4, -0.2) is 39.8 Å². The van der Waals surface area contributed by atoms with Crippen LogP contribution in [0, 0.1) is 45.3 Å². The molecule has 1 heterocycles. The first-order valence-corrected chi connectivity index (χ1v) is 13.9. The predicted molar refractivity (Wildman–Crippen MR) is 134 cm³/mol. The van der Waals surface area contributed by atoms with Crippen LogP contribution in [0.25, 0.3) is 0 Å². The highest BCUT2D eigenvalue weighted by molar-refractivity contribution is 5.85. The summed E-state index contributed by atoms with van der Waals surface area (Å²) in [7, 11) is 0. The van der Waals surface area contributed by atoms with Crippen LogP contribution in [0.3, 0.4) is 0 Å². The number of cyclic esters (lactones) is 1. The fourth-order valence-corrected chi connectivity index (χ4v) is 9.91. The van der Waals surface area contributed by atoms with Crippen LogP contribution in [-0.2, 0) is 14.3 Å². The molecule has 1 aliphatic heterocycles. The molecule has 3 saturated carbocycles. The van der Waals surface area contributed by atoms with E-state index in [2.05, 4.69) is 40.7 Å². The zero-order valence-electron chi connectivity index (χ0n) is 22.8. The summed E-state index contributed by atoms with van der Waals surface area (Å²) in [5, 5.41) is 21.2. The van der Waals surface area contributed by atoms with Crippen molar-refractivity contribution in [3.05, 3.63) is 11.6 Å². The third kappa shape index (κ3) is 3.32. The molecule has 1 saturated heterocycles. The average Bonchev–Trinajstić information content (AvgIpc) is 3.03. The fourth-order valence-electron chi connectivity index (χ4n) is 9.91. The molecule has 0 aromatic carbocycles. The molecule has 5 heteroatoms. The number of hydrogen-bond acceptors (Lipinski definition) is 5. The van der Waals surface area contributed by atoms with Gasteiger partial charge >= 0.3 is 5.97 Å². The second-order valence-corrected chi connectivity index (χ2v) is 14.5. The molecule has 5 aliphatic rings. The summed E-state index contributed by atoms with van der Waals surface area (Å²) >= 11 is 0. The van der Waals surface area contributed by atoms with Crippen molar-refractivity contribution in [1.82, 2.24) is 0 Å². The van der Waals surface area contributed by atoms with Crippen LogP contribution in [0.1, 0.15) is 99.8 Å². The van der Waals surface area contributed by atoms with Gasteiger partial charge in [0.1, 0.15) is 5.78 Å². The van der Waals surface area contributed by atoms with E-state index in [-0.39, 0.29) is 39.5 Å². The fraction of sp³-hybridized carbons (Fsp3) is 0.867. The van der Waals surface area contributed by atoms with Crippen LogP contribution in [0.5, 0.6) is 0 Å². The second-order valence-electron chi connectivity index (χ2n) is 14.5. The maximum Gasteiger partial charge on any atom is 0.309 e. The van der Waals surface area contributed by atoms with Gasteiger partial charge in [-0.25, -0.2) is 0 Å². The van der Waals surface area contributed by atoms with Crippen molar-refractivity contribution in [2.45, 2.75) is 118 Å². The van der Waals surface area contributed by atoms with Gasteiger partial charge in [0.2, 0.25) is 0 Å². The number of Topliss-reactive ketones (excluding diaryl/α,β-unsaturated/α-hetero) is 1. The highest BCUT2D eigenvalue weighted by atomic mass is 16.6. The van der Waals surface area contributed by atoms with E-state index in [9.17, 15) is 19.8 Å². The number of fused-ring (bicyclic) bond motifs is 5. The number of ether oxygens (including phenoxy) is 1. The molecule has 0 bridgehead atoms. The lowest BCUT2D eigenvalue weighted by Crippen LogP contribution is -2.58. The Morgan fingerprint density at radius 3 is 2.37 bits per heavy atom. The zero-order chi connectivity index (χ0) is 25.8. The maximum atomic E-state index is 13.2. The lowest BCUT2D eigenvalue weighted by atomic mass is 9.41. The monoisotopic (exact) mass is 486 g/mol. The van der Waals surface area contributed by atoms with E-state index in [0.29, 0.717) is 30.5 Å². The first kappa shape index (κ1) is 25.4. The molecule has 0 aromatic heterocycles. The van der Waals surface area contributed by atoms with Crippen molar-refractivity contribution in [2.24, 2.45) is 45.3 Å². The third-order valence-corrected chi connectivity index (χ3v) is 12.2. The average molecular weight is 487 g/mol. The summed E-state index contributed by atoms with van der Waals surface area (Å²) in [5.74, 6) is 0.881. The highest BCUT2D eigenvalue weighted by Crippen LogP contribution is 2.73. The minimum Gasteiger partial charge on any atom is -0.456 e. The van der Waals surface area contributed by atoms with E-state index in [0.717, 1.165) is 38.5 Å². The van der Waals surface area contributed by atoms with E-state index in [4.69, 9.17) is 4.74 Å². The number of ketones is 1. The second kappa shape index (κ2) is 7.66. The standard InChI is InChI=1S/C30H46O5/c1-26(2)22-9-8-20-19(28(22,5)13-12-23(26)32)11-15-29(6)18(10-14-30(20,29)7)17-16-21(31)24(27(3,4)34)35-25(17)33/h8,17-19,21-22,24,31,34H,9-16H2,1-7H3. The molecule has 0 amide bonds. The molecule has 0 spiro atoms. The van der Waals surface area contributed by atoms with E-state index < -0.39 is 17.8 Å². The molecule has 4 aliphatic carbocycles. The molecular weight excluding hydrogens is 440 g/mol. The summed E-state index contributed by atoms with van der Waals surface area (Å²) in [4.78, 5) is 26.1. The topological polar surface area (TPSA) is 83.8 Å². The molecule has 35 heavy (non-hydrogen) atoms. The number of rotatable bonds is 2. The van der Waals surface area contributed by atoms with Gasteiger partial charge in [0.15, 0.2) is 6.10 Å². The van der Waals surface area contributed by atoms with Crippen molar-refractivity contribution in [1.29, 1.82) is 0 Å². The van der Waals surface area contributed by atoms with Crippen molar-refractivity contribution < 1.29 is 24.5 Å². The van der Waals surface area contributed by atoms with Crippen molar-refractivity contribution in [2.75, 3.05) is 0 Å². The van der Waals surface area contributed by atoms with E-state index in [1.54, 1.807) is 19.4 Å². The number of esters is 1. The molecule has 5 nitrogen and oxygen atoms in total. The molecule has 0 aromatic rings. The maximum absolute atomic E-state index is 13.2. The van der Waals surface area contributed by atoms with Crippen LogP contribution in [0.15, 0.2) is 11.6 Å². The Balaban J connectivity index is 1.46. The van der Waals surface area contributed by atoms with Gasteiger partial charge in [-0.15, -0.1) is 0 Å². The largest absolute Gasteiger partial charge is 0.456 e. The van der Waals surface area contributed by atoms with Gasteiger partial charge in [0.05, 0.1) is 17.6 Å². The van der Waals surface area contributed by atoms with Gasteiger partial charge in [-0.3, -0.25) is 9.59 Å². The van der Waals surface area contributed by atoms with Crippen molar-refractivity contribution >= 4 is 11.8 Å². The van der Waals surface area contributed by atoms with Crippen LogP contribution in [0.2, 0.25) is 0 Å². The number of aliphatic hydroxyl groups excluding tert-OH is 1. The smallest absolute Gasteiger partial charge is 0.309 e. The Kier molecular flexibility index (Phi) is 5.57. The van der Waals surface area contributed by atoms with Gasteiger partial charge in [0.25, 0.3) is 0 Å². The summed E-state index contributed by atoms with van der Waals surface area (Å²) in [5.41, 5.74) is 0.164. The normalized spacial score (nSPS) is 49.5. The number of hydrogen-bond donors (Lipinski definition) is 2. The van der Waals surface area contributed by atoms with E-state index in [1.165, 1.54) is 0 Å². The van der Waals surface area contributed by atoms with Crippen LogP contribution >= 0.6 is 0 Å². The summed E-state index contributed by atoms with van der Waals surface area (Å²) in [6.07, 6.45) is 7.94. The minimum absolute atomic E-state index is 0.0124. The quantitative estimate of drug-likeness (QED) is 0.413. The van der Waals surface area contributed by atoms with Crippen LogP contribution in [0.4, 0.5) is 0 Å². The van der Waals surface area contributed by atoms with Gasteiger partial charge < -0.3 is 14.9 Å². The Morgan fingerprint density at radius 1 is 1.03 bits per heavy atom. The summed E-state index contributed by atoms with van der Waals surface area (Å²) < 4.78 is 5.69. The van der Waals surface area contributed by atoms with Crippen molar-refractivity contribution in [3.63, 3.8) is 0 Å². The Hall–Kier alpha value is -1.20. The lowest BCUT2D eigenvalue weighted by Gasteiger charge is -2.63. The zero-order valence-corrected chi connectivity index (χ0v) is 22.8. The third-order valence-electron chi connectivity index (χ3n) is 12.2. The Bertz CT molecular complexity index is 958. The van der Waals surface area contributed by atoms with Gasteiger partial charge in [-0.2, -0.15) is 0 Å².